The van der Waals surface area contributed by atoms with Crippen LogP contribution in [-0.2, 0) is 32.7 Å². The molecule has 1 atom stereocenters. The van der Waals surface area contributed by atoms with E-state index in [1.54, 1.807) is 18.2 Å². The van der Waals surface area contributed by atoms with Gasteiger partial charge in [-0.3, -0.25) is 0 Å². The van der Waals surface area contributed by atoms with Crippen molar-refractivity contribution in [1.82, 2.24) is 0 Å². The Balaban J connectivity index is 1.83. The molecule has 1 aliphatic carbocycles. The molecule has 2 aromatic rings. The fourth-order valence-electron chi connectivity index (χ4n) is 4.90. The number of aryl methyl sites for hydroxylation is 1. The van der Waals surface area contributed by atoms with Crippen LogP contribution in [0.5, 0.6) is 5.75 Å². The van der Waals surface area contributed by atoms with E-state index >= 15 is 0 Å². The van der Waals surface area contributed by atoms with Gasteiger partial charge < -0.3 is 18.8 Å². The minimum atomic E-state index is -4.25. The minimum Gasteiger partial charge on any atom is -0.550 e. The van der Waals surface area contributed by atoms with Crippen LogP contribution in [0, 0.1) is 19.8 Å². The molecule has 1 unspecified atom stereocenters. The van der Waals surface area contributed by atoms with E-state index in [-0.39, 0.29) is 41.6 Å². The summed E-state index contributed by atoms with van der Waals surface area (Å²) in [5.41, 5.74) is 4.50. The molecule has 0 spiro atoms. The number of cyclic esters (lactones) is 1. The zero-order chi connectivity index (χ0) is 25.3. The number of allylic oxidation sites excluding steroid dienone is 2. The third kappa shape index (κ3) is 4.89. The number of carboxylic acids is 1. The number of carbonyl (C=O) groups is 2. The van der Waals surface area contributed by atoms with Crippen molar-refractivity contribution in [2.24, 2.45) is 5.92 Å². The zero-order valence-corrected chi connectivity index (χ0v) is 20.6. The summed E-state index contributed by atoms with van der Waals surface area (Å²) in [4.78, 5) is 23.8. The van der Waals surface area contributed by atoms with Crippen molar-refractivity contribution in [2.45, 2.75) is 57.5 Å². The molecule has 0 bridgehead atoms. The van der Waals surface area contributed by atoms with E-state index in [4.69, 9.17) is 8.92 Å². The fraction of sp³-hybridized carbons (Fsp3) is 0.333. The van der Waals surface area contributed by atoms with E-state index in [1.807, 2.05) is 19.9 Å². The molecule has 0 radical (unpaired) electrons. The number of carboxylic acid groups (broad SMARTS) is 1. The first-order valence-electron chi connectivity index (χ1n) is 11.5. The molecule has 2 aromatic carbocycles. The predicted molar refractivity (Wildman–Crippen MR) is 128 cm³/mol. The van der Waals surface area contributed by atoms with Gasteiger partial charge in [0, 0.05) is 17.1 Å². The molecular formula is C27H27O7S-. The smallest absolute Gasteiger partial charge is 0.342 e. The molecule has 1 heterocycles. The number of carbonyl (C=O) groups excluding carboxylic acids is 2. The van der Waals surface area contributed by atoms with Crippen molar-refractivity contribution >= 4 is 28.1 Å². The average molecular weight is 496 g/mol. The van der Waals surface area contributed by atoms with Crippen LogP contribution in [0.1, 0.15) is 63.9 Å². The van der Waals surface area contributed by atoms with Crippen LogP contribution < -0.4 is 9.29 Å². The average Bonchev–Trinajstić information content (AvgIpc) is 3.40. The second kappa shape index (κ2) is 9.70. The van der Waals surface area contributed by atoms with Gasteiger partial charge >= 0.3 is 16.1 Å². The summed E-state index contributed by atoms with van der Waals surface area (Å²) in [7, 11) is -4.25. The highest BCUT2D eigenvalue weighted by molar-refractivity contribution is 7.87. The van der Waals surface area contributed by atoms with Crippen molar-refractivity contribution in [3.05, 3.63) is 75.9 Å². The first-order chi connectivity index (χ1) is 16.6. The molecule has 1 aliphatic heterocycles. The minimum absolute atomic E-state index is 0.0246. The summed E-state index contributed by atoms with van der Waals surface area (Å²) < 4.78 is 37.3. The van der Waals surface area contributed by atoms with E-state index in [0.717, 1.165) is 36.0 Å². The maximum atomic E-state index is 13.2. The van der Waals surface area contributed by atoms with Crippen molar-refractivity contribution in [1.29, 1.82) is 0 Å². The number of aliphatic carboxylic acids is 1. The highest BCUT2D eigenvalue weighted by atomic mass is 32.2. The molecule has 1 saturated carbocycles. The number of benzene rings is 2. The second-order valence-corrected chi connectivity index (χ2v) is 10.5. The van der Waals surface area contributed by atoms with E-state index in [9.17, 15) is 23.1 Å². The molecule has 8 heteroatoms. The van der Waals surface area contributed by atoms with Crippen LogP contribution in [0.4, 0.5) is 0 Å². The summed E-state index contributed by atoms with van der Waals surface area (Å²) in [5, 5.41) is 11.2. The van der Waals surface area contributed by atoms with Gasteiger partial charge in [0.15, 0.2) is 5.75 Å². The molecule has 35 heavy (non-hydrogen) atoms. The number of esters is 1. The molecule has 0 N–H and O–H groups in total. The largest absolute Gasteiger partial charge is 0.550 e. The van der Waals surface area contributed by atoms with Gasteiger partial charge in [0.25, 0.3) is 0 Å². The van der Waals surface area contributed by atoms with Crippen LogP contribution in [0.3, 0.4) is 0 Å². The summed E-state index contributed by atoms with van der Waals surface area (Å²) in [6, 6.07) is 6.25. The third-order valence-electron chi connectivity index (χ3n) is 6.77. The zero-order valence-electron chi connectivity index (χ0n) is 19.8. The topological polar surface area (TPSA) is 110 Å². The van der Waals surface area contributed by atoms with Gasteiger partial charge in [-0.05, 0) is 75.1 Å². The lowest BCUT2D eigenvalue weighted by molar-refractivity contribution is -0.306. The first-order valence-corrected chi connectivity index (χ1v) is 12.9. The number of hydrogen-bond acceptors (Lipinski definition) is 7. The standard InChI is InChI=1S/C27H28O7S/c1-4-21-17(3)23-15-33-27(30)25(23)26(34-35(31,32)20-11-8-16(2)9-12-20)22(21)13-10-18-6-5-7-19(18)14-24(28)29/h4,8-12,19H,1,5-7,13-15H2,2-3H3,(H,28,29)/p-1/b18-10+. The Morgan fingerprint density at radius 3 is 2.63 bits per heavy atom. The van der Waals surface area contributed by atoms with Crippen molar-refractivity contribution in [2.75, 3.05) is 0 Å². The van der Waals surface area contributed by atoms with Gasteiger partial charge in [-0.25, -0.2) is 4.79 Å². The summed E-state index contributed by atoms with van der Waals surface area (Å²) in [6.07, 6.45) is 6.12. The van der Waals surface area contributed by atoms with Crippen LogP contribution in [0.15, 0.2) is 47.4 Å². The number of ether oxygens (including phenoxy) is 1. The fourth-order valence-corrected chi connectivity index (χ4v) is 5.87. The molecule has 7 nitrogen and oxygen atoms in total. The van der Waals surface area contributed by atoms with Crippen molar-refractivity contribution in [3.63, 3.8) is 0 Å². The Morgan fingerprint density at radius 2 is 1.97 bits per heavy atom. The molecular weight excluding hydrogens is 468 g/mol. The van der Waals surface area contributed by atoms with Gasteiger partial charge in [-0.2, -0.15) is 8.42 Å². The Labute approximate surface area is 205 Å². The molecule has 0 amide bonds. The van der Waals surface area contributed by atoms with E-state index in [0.29, 0.717) is 16.7 Å². The Kier molecular flexibility index (Phi) is 6.85. The molecule has 184 valence electrons. The molecule has 1 fully saturated rings. The van der Waals surface area contributed by atoms with E-state index in [2.05, 4.69) is 6.58 Å². The maximum Gasteiger partial charge on any atom is 0.342 e. The van der Waals surface area contributed by atoms with Gasteiger partial charge in [0.05, 0.1) is 0 Å². The van der Waals surface area contributed by atoms with Crippen LogP contribution in [0.2, 0.25) is 0 Å². The third-order valence-corrected chi connectivity index (χ3v) is 8.00. The summed E-state index contributed by atoms with van der Waals surface area (Å²) >= 11 is 0. The lowest BCUT2D eigenvalue weighted by Gasteiger charge is -2.19. The lowest BCUT2D eigenvalue weighted by atomic mass is 9.89. The van der Waals surface area contributed by atoms with Crippen LogP contribution in [0.25, 0.3) is 6.08 Å². The van der Waals surface area contributed by atoms with Gasteiger partial charge in [-0.15, -0.1) is 0 Å². The lowest BCUT2D eigenvalue weighted by Crippen LogP contribution is -2.24. The van der Waals surface area contributed by atoms with E-state index in [1.165, 1.54) is 12.1 Å². The summed E-state index contributed by atoms with van der Waals surface area (Å²) in [5.74, 6) is -1.92. The number of fused-ring (bicyclic) bond motifs is 1. The van der Waals surface area contributed by atoms with Crippen molar-refractivity contribution in [3.8, 4) is 5.75 Å². The summed E-state index contributed by atoms with van der Waals surface area (Å²) in [6.45, 7) is 7.60. The number of rotatable bonds is 8. The Hall–Kier alpha value is -3.39. The highest BCUT2D eigenvalue weighted by Gasteiger charge is 2.34. The van der Waals surface area contributed by atoms with Gasteiger partial charge in [0.2, 0.25) is 0 Å². The molecule has 0 saturated heterocycles. The second-order valence-electron chi connectivity index (χ2n) is 8.98. The van der Waals surface area contributed by atoms with Crippen molar-refractivity contribution < 1.29 is 32.0 Å². The Bertz CT molecular complexity index is 1330. The SMILES string of the molecule is C=Cc1c(C)c2c(c(OS(=O)(=O)c3ccc(C)cc3)c1C/C=C1\CCCC1CC(=O)[O-])C(=O)OC2. The molecule has 0 aromatic heterocycles. The van der Waals surface area contributed by atoms with Crippen LogP contribution >= 0.6 is 0 Å². The van der Waals surface area contributed by atoms with Gasteiger partial charge in [0.1, 0.15) is 17.1 Å². The Morgan fingerprint density at radius 1 is 1.26 bits per heavy atom. The van der Waals surface area contributed by atoms with Gasteiger partial charge in [-0.1, -0.05) is 42.0 Å². The van der Waals surface area contributed by atoms with E-state index < -0.39 is 22.1 Å². The predicted octanol–water partition coefficient (Wildman–Crippen LogP) is 3.79. The number of hydrogen-bond donors (Lipinski definition) is 0. The van der Waals surface area contributed by atoms with Crippen LogP contribution in [-0.4, -0.2) is 20.4 Å². The maximum absolute atomic E-state index is 13.2. The quantitative estimate of drug-likeness (QED) is 0.311. The monoisotopic (exact) mass is 495 g/mol. The highest BCUT2D eigenvalue weighted by Crippen LogP contribution is 2.41. The normalized spacial score (nSPS) is 18.4. The molecule has 2 aliphatic rings. The first kappa shape index (κ1) is 24.7. The molecule has 4 rings (SSSR count).